The van der Waals surface area contributed by atoms with Crippen LogP contribution in [0, 0.1) is 21.6 Å². The number of nitrogens with zero attached hydrogens (tertiary/aromatic N) is 3. The average Bonchev–Trinajstić information content (AvgIpc) is 2.72. The number of non-ortho nitro benzene ring substituents is 1. The number of rotatable bonds is 4. The van der Waals surface area contributed by atoms with Crippen LogP contribution in [0.2, 0.25) is 5.02 Å². The zero-order chi connectivity index (χ0) is 21.9. The number of nitrogens with one attached hydrogen (secondary N) is 2. The van der Waals surface area contributed by atoms with Crippen LogP contribution >= 0.6 is 11.6 Å². The van der Waals surface area contributed by atoms with Crippen molar-refractivity contribution in [3.63, 3.8) is 0 Å². The van der Waals surface area contributed by atoms with Gasteiger partial charge < -0.3 is 20.3 Å². The van der Waals surface area contributed by atoms with Gasteiger partial charge in [0.05, 0.1) is 11.5 Å². The number of aliphatic imine (C=N–C) groups is 1. The molecule has 0 aliphatic carbocycles. The fraction of sp³-hybridized carbons (Fsp3) is 0.263. The second-order valence-electron chi connectivity index (χ2n) is 6.79. The first-order valence-corrected chi connectivity index (χ1v) is 9.17. The number of anilines is 1. The molecule has 3 atom stereocenters. The predicted molar refractivity (Wildman–Crippen MR) is 109 cm³/mol. The number of guanidine groups is 1. The maximum Gasteiger partial charge on any atom is 0.270 e. The molecule has 0 bridgehead atoms. The molecule has 2 aromatic carbocycles. The normalized spacial score (nSPS) is 23.0. The highest BCUT2D eigenvalue weighted by Crippen LogP contribution is 2.43. The second-order valence-corrected chi connectivity index (χ2v) is 7.22. The average molecular weight is 432 g/mol. The Hall–Kier alpha value is -3.39. The van der Waals surface area contributed by atoms with Crippen LogP contribution in [0.4, 0.5) is 11.4 Å². The van der Waals surface area contributed by atoms with Crippen LogP contribution in [0.15, 0.2) is 47.5 Å². The molecule has 1 aliphatic heterocycles. The van der Waals surface area contributed by atoms with Gasteiger partial charge in [0, 0.05) is 28.4 Å². The Morgan fingerprint density at radius 2 is 2.10 bits per heavy atom. The summed E-state index contributed by atoms with van der Waals surface area (Å²) in [6, 6.07) is 9.42. The second kappa shape index (κ2) is 8.54. The molecule has 10 nitrogen and oxygen atoms in total. The number of fused-ring (bicyclic) bond motifs is 1. The van der Waals surface area contributed by atoms with Gasteiger partial charge in [0.25, 0.3) is 5.69 Å². The molecule has 1 heterocycles. The van der Waals surface area contributed by atoms with Crippen molar-refractivity contribution in [2.75, 3.05) is 11.9 Å². The molecule has 0 saturated heterocycles. The molecule has 0 fully saturated rings. The highest BCUT2D eigenvalue weighted by atomic mass is 35.5. The Bertz CT molecular complexity index is 1020. The molecule has 0 unspecified atom stereocenters. The van der Waals surface area contributed by atoms with Gasteiger partial charge in [-0.05, 0) is 37.3 Å². The van der Waals surface area contributed by atoms with Gasteiger partial charge in [-0.2, -0.15) is 5.26 Å². The molecule has 0 radical (unpaired) electrons. The van der Waals surface area contributed by atoms with Crippen LogP contribution in [0.5, 0.6) is 5.75 Å². The molecule has 156 valence electrons. The molecular weight excluding hydrogens is 414 g/mol. The largest absolute Gasteiger partial charge is 0.482 e. The summed E-state index contributed by atoms with van der Waals surface area (Å²) in [4.78, 5) is 15.0. The minimum absolute atomic E-state index is 0.0106. The summed E-state index contributed by atoms with van der Waals surface area (Å²) in [5, 5.41) is 46.7. The number of aliphatic hydroxyl groups is 2. The van der Waals surface area contributed by atoms with Crippen molar-refractivity contribution in [3.05, 3.63) is 63.2 Å². The van der Waals surface area contributed by atoms with Crippen molar-refractivity contribution in [3.8, 4) is 11.9 Å². The number of ether oxygens (including phenoxy) is 1. The number of aliphatic hydroxyl groups excluding tert-OH is 2. The zero-order valence-corrected chi connectivity index (χ0v) is 16.5. The van der Waals surface area contributed by atoms with E-state index in [-0.39, 0.29) is 23.0 Å². The van der Waals surface area contributed by atoms with Crippen LogP contribution in [-0.4, -0.2) is 39.4 Å². The van der Waals surface area contributed by atoms with E-state index in [9.17, 15) is 20.3 Å². The maximum atomic E-state index is 11.2. The van der Waals surface area contributed by atoms with Crippen molar-refractivity contribution in [1.29, 1.82) is 5.26 Å². The molecule has 0 saturated carbocycles. The molecule has 0 aromatic heterocycles. The number of nitro groups is 1. The lowest BCUT2D eigenvalue weighted by Crippen LogP contribution is -2.53. The third-order valence-electron chi connectivity index (χ3n) is 4.65. The first-order valence-electron chi connectivity index (χ1n) is 8.79. The van der Waals surface area contributed by atoms with Crippen LogP contribution in [0.25, 0.3) is 0 Å². The molecule has 11 heteroatoms. The van der Waals surface area contributed by atoms with Gasteiger partial charge in [-0.25, -0.2) is 4.99 Å². The molecule has 2 aromatic rings. The van der Waals surface area contributed by atoms with Gasteiger partial charge in [-0.1, -0.05) is 11.6 Å². The van der Waals surface area contributed by atoms with E-state index in [4.69, 9.17) is 21.6 Å². The van der Waals surface area contributed by atoms with E-state index < -0.39 is 29.3 Å². The Morgan fingerprint density at radius 3 is 2.70 bits per heavy atom. The van der Waals surface area contributed by atoms with Crippen LogP contribution in [0.1, 0.15) is 18.5 Å². The van der Waals surface area contributed by atoms with Crippen LogP contribution in [-0.2, 0) is 0 Å². The van der Waals surface area contributed by atoms with E-state index in [1.165, 1.54) is 25.1 Å². The van der Waals surface area contributed by atoms with Gasteiger partial charge in [-0.15, -0.1) is 0 Å². The Balaban J connectivity index is 2.07. The fourth-order valence-corrected chi connectivity index (χ4v) is 3.14. The van der Waals surface area contributed by atoms with E-state index in [2.05, 4.69) is 15.6 Å². The number of nitriles is 1. The van der Waals surface area contributed by atoms with Crippen molar-refractivity contribution in [2.45, 2.75) is 24.7 Å². The van der Waals surface area contributed by atoms with Crippen LogP contribution in [0.3, 0.4) is 0 Å². The summed E-state index contributed by atoms with van der Waals surface area (Å²) >= 11 is 5.88. The highest BCUT2D eigenvalue weighted by Gasteiger charge is 2.46. The smallest absolute Gasteiger partial charge is 0.270 e. The van der Waals surface area contributed by atoms with E-state index in [0.29, 0.717) is 10.7 Å². The Kier molecular flexibility index (Phi) is 6.07. The van der Waals surface area contributed by atoms with Crippen molar-refractivity contribution < 1.29 is 19.9 Å². The summed E-state index contributed by atoms with van der Waals surface area (Å²) in [6.07, 6.45) is 0.391. The highest BCUT2D eigenvalue weighted by molar-refractivity contribution is 6.30. The summed E-state index contributed by atoms with van der Waals surface area (Å²) in [7, 11) is 0. The number of nitro benzene ring substituents is 1. The number of hydrogen-bond acceptors (Lipinski definition) is 7. The van der Waals surface area contributed by atoms with Gasteiger partial charge in [0.1, 0.15) is 17.9 Å². The third kappa shape index (κ3) is 4.28. The molecule has 3 rings (SSSR count). The molecule has 4 N–H and O–H groups in total. The lowest BCUT2D eigenvalue weighted by Gasteiger charge is -2.41. The van der Waals surface area contributed by atoms with Gasteiger partial charge in [0.2, 0.25) is 5.96 Å². The molecule has 1 aliphatic rings. The van der Waals surface area contributed by atoms with Crippen molar-refractivity contribution in [2.24, 2.45) is 4.99 Å². The fourth-order valence-electron chi connectivity index (χ4n) is 3.01. The van der Waals surface area contributed by atoms with E-state index in [1.54, 1.807) is 30.5 Å². The predicted octanol–water partition coefficient (Wildman–Crippen LogP) is 2.33. The maximum absolute atomic E-state index is 11.2. The van der Waals surface area contributed by atoms with E-state index in [1.807, 2.05) is 0 Å². The third-order valence-corrected chi connectivity index (χ3v) is 4.91. The number of halogens is 1. The van der Waals surface area contributed by atoms with Crippen molar-refractivity contribution >= 4 is 28.9 Å². The Labute approximate surface area is 176 Å². The minimum Gasteiger partial charge on any atom is -0.482 e. The SMILES string of the molecule is C[C@]1(CO)Oc2ccc([N+](=O)[O-])cc2[C@H](N=C(NC#N)Nc2ccc(Cl)cc2)[C@H]1O. The van der Waals surface area contributed by atoms with Gasteiger partial charge in [-0.3, -0.25) is 15.4 Å². The molecular formula is C19H18ClN5O5. The quantitative estimate of drug-likeness (QED) is 0.144. The number of benzene rings is 2. The van der Waals surface area contributed by atoms with Crippen molar-refractivity contribution in [1.82, 2.24) is 5.32 Å². The van der Waals surface area contributed by atoms with Crippen LogP contribution < -0.4 is 15.4 Å². The summed E-state index contributed by atoms with van der Waals surface area (Å²) in [5.41, 5.74) is -0.808. The lowest BCUT2D eigenvalue weighted by molar-refractivity contribution is -0.385. The standard InChI is InChI=1S/C19H18ClN5O5/c1-19(9-26)17(27)16(14-8-13(25(28)29)6-7-15(14)30-19)24-18(22-10-21)23-12-4-2-11(20)3-5-12/h2-8,16-17,26-27H,9H2,1H3,(H2,22,23,24)/t16-,17+,19+/m0/s1. The van der Waals surface area contributed by atoms with Gasteiger partial charge >= 0.3 is 0 Å². The molecule has 30 heavy (non-hydrogen) atoms. The monoisotopic (exact) mass is 431 g/mol. The summed E-state index contributed by atoms with van der Waals surface area (Å²) < 4.78 is 5.71. The lowest BCUT2D eigenvalue weighted by atomic mass is 9.86. The van der Waals surface area contributed by atoms with E-state index >= 15 is 0 Å². The Morgan fingerprint density at radius 1 is 1.40 bits per heavy atom. The zero-order valence-electron chi connectivity index (χ0n) is 15.7. The molecule has 0 spiro atoms. The minimum atomic E-state index is -1.41. The molecule has 0 amide bonds. The summed E-state index contributed by atoms with van der Waals surface area (Å²) in [5.74, 6) is 0.225. The summed E-state index contributed by atoms with van der Waals surface area (Å²) in [6.45, 7) is 0.969. The topological polar surface area (TPSA) is 153 Å². The first-order chi connectivity index (χ1) is 14.3. The number of hydrogen-bond donors (Lipinski definition) is 4. The first kappa shape index (κ1) is 21.3. The van der Waals surface area contributed by atoms with Gasteiger partial charge in [0.15, 0.2) is 11.8 Å². The van der Waals surface area contributed by atoms with E-state index in [0.717, 1.165) is 0 Å².